The van der Waals surface area contributed by atoms with Gasteiger partial charge in [0.1, 0.15) is 5.82 Å². The van der Waals surface area contributed by atoms with Crippen LogP contribution in [0, 0.1) is 23.6 Å². The van der Waals surface area contributed by atoms with E-state index in [9.17, 15) is 12.8 Å². The highest BCUT2D eigenvalue weighted by Gasteiger charge is 2.28. The number of sulfonamides is 1. The minimum absolute atomic E-state index is 0.000139. The van der Waals surface area contributed by atoms with E-state index in [0.29, 0.717) is 0 Å². The van der Waals surface area contributed by atoms with Gasteiger partial charge in [-0.3, -0.25) is 0 Å². The number of hydrogen-bond donors (Lipinski definition) is 1. The van der Waals surface area contributed by atoms with Crippen LogP contribution in [0.3, 0.4) is 0 Å². The molecule has 0 saturated carbocycles. The van der Waals surface area contributed by atoms with Gasteiger partial charge in [-0.15, -0.1) is 0 Å². The molecule has 0 spiro atoms. The normalized spacial score (nSPS) is 13.1. The molecule has 0 aromatic heterocycles. The van der Waals surface area contributed by atoms with Gasteiger partial charge in [-0.1, -0.05) is 25.7 Å². The van der Waals surface area contributed by atoms with Crippen molar-refractivity contribution in [3.05, 3.63) is 29.6 Å². The fourth-order valence-electron chi connectivity index (χ4n) is 1.76. The fourth-order valence-corrected chi connectivity index (χ4v) is 3.38. The van der Waals surface area contributed by atoms with Crippen LogP contribution in [0.5, 0.6) is 0 Å². The molecule has 0 saturated heterocycles. The lowest BCUT2D eigenvalue weighted by Gasteiger charge is -2.27. The highest BCUT2D eigenvalue weighted by Crippen LogP contribution is 2.23. The highest BCUT2D eigenvalue weighted by atomic mass is 32.2. The van der Waals surface area contributed by atoms with Crippen molar-refractivity contribution in [3.8, 4) is 11.8 Å². The summed E-state index contributed by atoms with van der Waals surface area (Å²) in [7, 11) is -2.22. The van der Waals surface area contributed by atoms with Crippen molar-refractivity contribution in [1.29, 1.82) is 0 Å². The molecule has 0 aliphatic rings. The predicted molar refractivity (Wildman–Crippen MR) is 81.6 cm³/mol. The highest BCUT2D eigenvalue weighted by molar-refractivity contribution is 7.89. The molecule has 0 radical (unpaired) electrons. The zero-order valence-electron chi connectivity index (χ0n) is 12.7. The number of benzene rings is 1. The second kappa shape index (κ2) is 7.03. The summed E-state index contributed by atoms with van der Waals surface area (Å²) in [6.45, 7) is 5.79. The van der Waals surface area contributed by atoms with Crippen LogP contribution >= 0.6 is 0 Å². The van der Waals surface area contributed by atoms with Crippen molar-refractivity contribution in [1.82, 2.24) is 4.31 Å². The molecule has 1 unspecified atom stereocenters. The monoisotopic (exact) mass is 312 g/mol. The van der Waals surface area contributed by atoms with Crippen molar-refractivity contribution in [2.24, 2.45) is 11.7 Å². The van der Waals surface area contributed by atoms with Crippen LogP contribution in [0.25, 0.3) is 0 Å². The van der Waals surface area contributed by atoms with Crippen molar-refractivity contribution in [3.63, 3.8) is 0 Å². The van der Waals surface area contributed by atoms with Gasteiger partial charge in [0.25, 0.3) is 0 Å². The standard InChI is InChI=1S/C15H21FN2O2S/c1-11(2)12(3)18(4)21(19,20)15-8-7-14(16)10-13(15)6-5-9-17/h7-8,10-12H,9,17H2,1-4H3. The summed E-state index contributed by atoms with van der Waals surface area (Å²) >= 11 is 0. The Balaban J connectivity index is 3.38. The minimum Gasteiger partial charge on any atom is -0.320 e. The molecule has 6 heteroatoms. The van der Waals surface area contributed by atoms with Crippen LogP contribution in [-0.4, -0.2) is 32.4 Å². The molecule has 0 amide bonds. The first-order valence-corrected chi connectivity index (χ1v) is 8.12. The van der Waals surface area contributed by atoms with Crippen LogP contribution in [0.15, 0.2) is 23.1 Å². The van der Waals surface area contributed by atoms with E-state index in [-0.39, 0.29) is 29.0 Å². The van der Waals surface area contributed by atoms with Gasteiger partial charge in [0.15, 0.2) is 0 Å². The third-order valence-corrected chi connectivity index (χ3v) is 5.46. The molecule has 1 rings (SSSR count). The summed E-state index contributed by atoms with van der Waals surface area (Å²) < 4.78 is 40.0. The lowest BCUT2D eigenvalue weighted by atomic mass is 10.1. The largest absolute Gasteiger partial charge is 0.320 e. The lowest BCUT2D eigenvalue weighted by molar-refractivity contribution is 0.315. The molecule has 1 aromatic rings. The molecule has 1 atom stereocenters. The van der Waals surface area contributed by atoms with Crippen molar-refractivity contribution in [2.75, 3.05) is 13.6 Å². The molecule has 0 bridgehead atoms. The van der Waals surface area contributed by atoms with Crippen molar-refractivity contribution in [2.45, 2.75) is 31.7 Å². The Morgan fingerprint density at radius 2 is 1.95 bits per heavy atom. The Morgan fingerprint density at radius 3 is 2.48 bits per heavy atom. The molecule has 0 fully saturated rings. The third-order valence-electron chi connectivity index (χ3n) is 3.46. The SMILES string of the molecule is CC(C)C(C)N(C)S(=O)(=O)c1ccc(F)cc1C#CCN. The van der Waals surface area contributed by atoms with E-state index in [2.05, 4.69) is 11.8 Å². The molecule has 21 heavy (non-hydrogen) atoms. The summed E-state index contributed by atoms with van der Waals surface area (Å²) in [6, 6.07) is 3.29. The zero-order chi connectivity index (χ0) is 16.2. The van der Waals surface area contributed by atoms with Gasteiger partial charge in [0.2, 0.25) is 10.0 Å². The van der Waals surface area contributed by atoms with E-state index in [4.69, 9.17) is 5.73 Å². The van der Waals surface area contributed by atoms with E-state index in [1.54, 1.807) is 0 Å². The minimum atomic E-state index is -3.74. The topological polar surface area (TPSA) is 63.4 Å². The Kier molecular flexibility index (Phi) is 5.90. The average molecular weight is 312 g/mol. The van der Waals surface area contributed by atoms with E-state index < -0.39 is 15.8 Å². The molecular formula is C15H21FN2O2S. The quantitative estimate of drug-likeness (QED) is 0.862. The van der Waals surface area contributed by atoms with Gasteiger partial charge in [-0.05, 0) is 31.0 Å². The third kappa shape index (κ3) is 4.03. The smallest absolute Gasteiger partial charge is 0.244 e. The van der Waals surface area contributed by atoms with Gasteiger partial charge in [-0.25, -0.2) is 12.8 Å². The first-order valence-electron chi connectivity index (χ1n) is 6.68. The molecule has 1 aromatic carbocycles. The zero-order valence-corrected chi connectivity index (χ0v) is 13.5. The summed E-state index contributed by atoms with van der Waals surface area (Å²) in [5.74, 6) is 4.81. The summed E-state index contributed by atoms with van der Waals surface area (Å²) in [6.07, 6.45) is 0. The van der Waals surface area contributed by atoms with E-state index >= 15 is 0 Å². The van der Waals surface area contributed by atoms with Crippen LogP contribution in [0.4, 0.5) is 4.39 Å². The Labute approximate surface area is 126 Å². The van der Waals surface area contributed by atoms with Crippen LogP contribution in [0.1, 0.15) is 26.3 Å². The van der Waals surface area contributed by atoms with Gasteiger partial charge in [0, 0.05) is 18.7 Å². The second-order valence-corrected chi connectivity index (χ2v) is 7.12. The molecule has 4 nitrogen and oxygen atoms in total. The van der Waals surface area contributed by atoms with E-state index in [0.717, 1.165) is 12.1 Å². The Bertz CT molecular complexity index is 660. The van der Waals surface area contributed by atoms with E-state index in [1.165, 1.54) is 17.4 Å². The Morgan fingerprint density at radius 1 is 1.33 bits per heavy atom. The van der Waals surface area contributed by atoms with Crippen molar-refractivity contribution < 1.29 is 12.8 Å². The molecular weight excluding hydrogens is 291 g/mol. The fraction of sp³-hybridized carbons (Fsp3) is 0.467. The average Bonchev–Trinajstić information content (AvgIpc) is 2.42. The molecule has 0 aliphatic heterocycles. The number of nitrogens with zero attached hydrogens (tertiary/aromatic N) is 1. The predicted octanol–water partition coefficient (Wildman–Crippen LogP) is 1.80. The first-order chi connectivity index (χ1) is 9.71. The van der Waals surface area contributed by atoms with Crippen LogP contribution < -0.4 is 5.73 Å². The van der Waals surface area contributed by atoms with Gasteiger partial charge >= 0.3 is 0 Å². The van der Waals surface area contributed by atoms with Crippen molar-refractivity contribution >= 4 is 10.0 Å². The molecule has 0 aliphatic carbocycles. The first kappa shape index (κ1) is 17.6. The maximum atomic E-state index is 13.3. The van der Waals surface area contributed by atoms with Gasteiger partial charge in [0.05, 0.1) is 11.4 Å². The van der Waals surface area contributed by atoms with Crippen LogP contribution in [0.2, 0.25) is 0 Å². The number of nitrogens with two attached hydrogens (primary N) is 1. The number of halogens is 1. The summed E-state index contributed by atoms with van der Waals surface area (Å²) in [5.41, 5.74) is 5.42. The van der Waals surface area contributed by atoms with Gasteiger partial charge < -0.3 is 5.73 Å². The lowest BCUT2D eigenvalue weighted by Crippen LogP contribution is -2.38. The molecule has 116 valence electrons. The van der Waals surface area contributed by atoms with Crippen LogP contribution in [-0.2, 0) is 10.0 Å². The maximum absolute atomic E-state index is 13.3. The van der Waals surface area contributed by atoms with Gasteiger partial charge in [-0.2, -0.15) is 4.31 Å². The summed E-state index contributed by atoms with van der Waals surface area (Å²) in [4.78, 5) is -0.000139. The second-order valence-electron chi connectivity index (χ2n) is 5.15. The summed E-state index contributed by atoms with van der Waals surface area (Å²) in [5, 5.41) is 0. The maximum Gasteiger partial charge on any atom is 0.244 e. The molecule has 0 heterocycles. The van der Waals surface area contributed by atoms with E-state index in [1.807, 2.05) is 20.8 Å². The molecule has 2 N–H and O–H groups in total. The Hall–Kier alpha value is -1.42. The number of rotatable bonds is 4. The number of hydrogen-bond acceptors (Lipinski definition) is 3.